The second kappa shape index (κ2) is 6.89. The zero-order chi connectivity index (χ0) is 15.3. The first-order chi connectivity index (χ1) is 9.31. The maximum atomic E-state index is 12.3. The molecule has 0 spiro atoms. The van der Waals surface area contributed by atoms with Gasteiger partial charge in [-0.25, -0.2) is 4.79 Å². The van der Waals surface area contributed by atoms with Gasteiger partial charge in [0.25, 0.3) is 0 Å². The highest BCUT2D eigenvalue weighted by Gasteiger charge is 2.37. The summed E-state index contributed by atoms with van der Waals surface area (Å²) in [5, 5.41) is 3.33. The Balaban J connectivity index is 3.12. The Labute approximate surface area is 122 Å². The summed E-state index contributed by atoms with van der Waals surface area (Å²) in [5.41, 5.74) is 1.40. The van der Waals surface area contributed by atoms with Crippen molar-refractivity contribution < 1.29 is 9.53 Å². The first kappa shape index (κ1) is 16.7. The fourth-order valence-corrected chi connectivity index (χ4v) is 2.31. The van der Waals surface area contributed by atoms with Crippen molar-refractivity contribution in [2.45, 2.75) is 59.0 Å². The van der Waals surface area contributed by atoms with Crippen molar-refractivity contribution >= 4 is 5.97 Å². The van der Waals surface area contributed by atoms with Gasteiger partial charge < -0.3 is 4.74 Å². The van der Waals surface area contributed by atoms with Crippen LogP contribution in [-0.2, 0) is 15.1 Å². The number of benzene rings is 1. The minimum Gasteiger partial charge on any atom is -0.464 e. The minimum absolute atomic E-state index is 0.189. The standard InChI is InChI=1S/C17H27NO2/c1-7-20-16(19)17(6,18-13(4)5)15-10-8-14(9-11-15)12(2)3/h8-13,18H,7H2,1-6H3. The molecule has 1 rings (SSSR count). The third kappa shape index (κ3) is 3.83. The van der Waals surface area contributed by atoms with Gasteiger partial charge in [-0.2, -0.15) is 0 Å². The van der Waals surface area contributed by atoms with Crippen molar-refractivity contribution in [1.82, 2.24) is 5.32 Å². The lowest BCUT2D eigenvalue weighted by Crippen LogP contribution is -2.50. The van der Waals surface area contributed by atoms with Crippen LogP contribution >= 0.6 is 0 Å². The Morgan fingerprint density at radius 3 is 2.15 bits per heavy atom. The van der Waals surface area contributed by atoms with E-state index in [-0.39, 0.29) is 12.0 Å². The van der Waals surface area contributed by atoms with E-state index in [0.29, 0.717) is 12.5 Å². The van der Waals surface area contributed by atoms with Crippen molar-refractivity contribution in [2.24, 2.45) is 0 Å². The number of esters is 1. The summed E-state index contributed by atoms with van der Waals surface area (Å²) in [4.78, 5) is 12.3. The second-order valence-electron chi connectivity index (χ2n) is 5.92. The molecule has 20 heavy (non-hydrogen) atoms. The van der Waals surface area contributed by atoms with Crippen LogP contribution in [0.4, 0.5) is 0 Å². The fraction of sp³-hybridized carbons (Fsp3) is 0.588. The highest BCUT2D eigenvalue weighted by molar-refractivity contribution is 5.82. The molecule has 0 aliphatic carbocycles. The Morgan fingerprint density at radius 2 is 1.75 bits per heavy atom. The van der Waals surface area contributed by atoms with Gasteiger partial charge in [-0.15, -0.1) is 0 Å². The van der Waals surface area contributed by atoms with E-state index in [0.717, 1.165) is 5.56 Å². The molecule has 112 valence electrons. The van der Waals surface area contributed by atoms with Gasteiger partial charge in [-0.1, -0.05) is 38.1 Å². The summed E-state index contributed by atoms with van der Waals surface area (Å²) in [6.45, 7) is 12.5. The molecule has 0 saturated carbocycles. The van der Waals surface area contributed by atoms with E-state index < -0.39 is 5.54 Å². The molecule has 1 N–H and O–H groups in total. The number of hydrogen-bond donors (Lipinski definition) is 1. The lowest BCUT2D eigenvalue weighted by atomic mass is 9.89. The number of ether oxygens (including phenoxy) is 1. The van der Waals surface area contributed by atoms with Gasteiger partial charge >= 0.3 is 5.97 Å². The minimum atomic E-state index is -0.806. The quantitative estimate of drug-likeness (QED) is 0.808. The van der Waals surface area contributed by atoms with E-state index in [4.69, 9.17) is 4.74 Å². The molecule has 0 bridgehead atoms. The Kier molecular flexibility index (Phi) is 5.75. The van der Waals surface area contributed by atoms with Gasteiger partial charge in [0.05, 0.1) is 6.61 Å². The zero-order valence-corrected chi connectivity index (χ0v) is 13.5. The highest BCUT2D eigenvalue weighted by Crippen LogP contribution is 2.25. The van der Waals surface area contributed by atoms with E-state index in [1.54, 1.807) is 0 Å². The molecule has 1 unspecified atom stereocenters. The molecule has 0 radical (unpaired) electrons. The summed E-state index contributed by atoms with van der Waals surface area (Å²) in [5.74, 6) is 0.252. The van der Waals surface area contributed by atoms with Gasteiger partial charge in [0.1, 0.15) is 5.54 Å². The SMILES string of the molecule is CCOC(=O)C(C)(NC(C)C)c1ccc(C(C)C)cc1. The van der Waals surface area contributed by atoms with Crippen LogP contribution in [0.25, 0.3) is 0 Å². The van der Waals surface area contributed by atoms with Gasteiger partial charge in [0, 0.05) is 6.04 Å². The molecule has 1 aromatic carbocycles. The largest absolute Gasteiger partial charge is 0.464 e. The molecule has 0 amide bonds. The predicted molar refractivity (Wildman–Crippen MR) is 82.8 cm³/mol. The average Bonchev–Trinajstić information content (AvgIpc) is 2.38. The normalized spacial score (nSPS) is 14.4. The van der Waals surface area contributed by atoms with E-state index in [9.17, 15) is 4.79 Å². The summed E-state index contributed by atoms with van der Waals surface area (Å²) in [6.07, 6.45) is 0. The molecular weight excluding hydrogens is 250 g/mol. The van der Waals surface area contributed by atoms with Gasteiger partial charge in [0.2, 0.25) is 0 Å². The third-order valence-electron chi connectivity index (χ3n) is 3.42. The molecule has 3 nitrogen and oxygen atoms in total. The Bertz CT molecular complexity index is 437. The predicted octanol–water partition coefficient (Wildman–Crippen LogP) is 3.59. The molecule has 0 saturated heterocycles. The first-order valence-corrected chi connectivity index (χ1v) is 7.36. The molecule has 0 aliphatic heterocycles. The van der Waals surface area contributed by atoms with Gasteiger partial charge in [0.15, 0.2) is 0 Å². The van der Waals surface area contributed by atoms with Crippen molar-refractivity contribution in [1.29, 1.82) is 0 Å². The molecule has 0 heterocycles. The van der Waals surface area contributed by atoms with E-state index in [1.165, 1.54) is 5.56 Å². The van der Waals surface area contributed by atoms with Crippen LogP contribution in [0.2, 0.25) is 0 Å². The van der Waals surface area contributed by atoms with E-state index >= 15 is 0 Å². The maximum Gasteiger partial charge on any atom is 0.330 e. The van der Waals surface area contributed by atoms with Crippen LogP contribution in [0, 0.1) is 0 Å². The van der Waals surface area contributed by atoms with Gasteiger partial charge in [-0.3, -0.25) is 5.32 Å². The molecule has 1 aromatic rings. The highest BCUT2D eigenvalue weighted by atomic mass is 16.5. The van der Waals surface area contributed by atoms with Crippen molar-refractivity contribution in [3.8, 4) is 0 Å². The zero-order valence-electron chi connectivity index (χ0n) is 13.5. The molecule has 0 fully saturated rings. The van der Waals surface area contributed by atoms with E-state index in [1.807, 2.05) is 39.8 Å². The number of carbonyl (C=O) groups is 1. The molecule has 0 aromatic heterocycles. The lowest BCUT2D eigenvalue weighted by molar-refractivity contribution is -0.151. The average molecular weight is 277 g/mol. The maximum absolute atomic E-state index is 12.3. The molecule has 1 atom stereocenters. The number of hydrogen-bond acceptors (Lipinski definition) is 3. The summed E-state index contributed by atoms with van der Waals surface area (Å²) >= 11 is 0. The number of carbonyl (C=O) groups excluding carboxylic acids is 1. The van der Waals surface area contributed by atoms with Crippen molar-refractivity contribution in [2.75, 3.05) is 6.61 Å². The van der Waals surface area contributed by atoms with E-state index in [2.05, 4.69) is 31.3 Å². The van der Waals surface area contributed by atoms with Crippen LogP contribution in [0.3, 0.4) is 0 Å². The summed E-state index contributed by atoms with van der Waals surface area (Å²) in [7, 11) is 0. The summed E-state index contributed by atoms with van der Waals surface area (Å²) in [6, 6.07) is 8.39. The van der Waals surface area contributed by atoms with Crippen LogP contribution in [0.15, 0.2) is 24.3 Å². The molecular formula is C17H27NO2. The molecule has 3 heteroatoms. The smallest absolute Gasteiger partial charge is 0.330 e. The van der Waals surface area contributed by atoms with Crippen molar-refractivity contribution in [3.05, 3.63) is 35.4 Å². The van der Waals surface area contributed by atoms with Crippen molar-refractivity contribution in [3.63, 3.8) is 0 Å². The lowest BCUT2D eigenvalue weighted by Gasteiger charge is -2.31. The third-order valence-corrected chi connectivity index (χ3v) is 3.42. The summed E-state index contributed by atoms with van der Waals surface area (Å²) < 4.78 is 5.24. The topological polar surface area (TPSA) is 38.3 Å². The van der Waals surface area contributed by atoms with Crippen LogP contribution in [0.5, 0.6) is 0 Å². The first-order valence-electron chi connectivity index (χ1n) is 7.36. The molecule has 0 aliphatic rings. The van der Waals surface area contributed by atoms with Crippen LogP contribution < -0.4 is 5.32 Å². The Morgan fingerprint density at radius 1 is 1.20 bits per heavy atom. The van der Waals surface area contributed by atoms with Gasteiger partial charge in [-0.05, 0) is 44.7 Å². The number of rotatable bonds is 6. The van der Waals surface area contributed by atoms with Crippen LogP contribution in [0.1, 0.15) is 58.6 Å². The fourth-order valence-electron chi connectivity index (χ4n) is 2.31. The number of nitrogens with one attached hydrogen (secondary N) is 1. The second-order valence-corrected chi connectivity index (χ2v) is 5.92. The Hall–Kier alpha value is -1.35. The monoisotopic (exact) mass is 277 g/mol. The van der Waals surface area contributed by atoms with Crippen LogP contribution in [-0.4, -0.2) is 18.6 Å².